The number of methoxy groups -OCH3 is 4. The second-order valence-electron chi connectivity index (χ2n) is 14.7. The molecule has 2 bridgehead atoms. The van der Waals surface area contributed by atoms with Crippen LogP contribution in [0.5, 0.6) is 40.2 Å². The molecule has 0 radical (unpaired) electrons. The molecule has 0 unspecified atom stereocenters. The van der Waals surface area contributed by atoms with Crippen LogP contribution in [0.3, 0.4) is 0 Å². The Morgan fingerprint density at radius 3 is 1.36 bits per heavy atom. The van der Waals surface area contributed by atoms with Crippen molar-refractivity contribution in [2.45, 2.75) is 96.9 Å². The molecule has 0 fully saturated rings. The highest BCUT2D eigenvalue weighted by molar-refractivity contribution is 5.85. The van der Waals surface area contributed by atoms with Crippen LogP contribution in [0.25, 0.3) is 11.1 Å². The smallest absolute Gasteiger partial charge is 0.131 e. The number of fused-ring (bicyclic) bond motifs is 14. The van der Waals surface area contributed by atoms with Gasteiger partial charge in [-0.05, 0) is 115 Å². The predicted octanol–water partition coefficient (Wildman–Crippen LogP) is 12.1. The summed E-state index contributed by atoms with van der Waals surface area (Å²) in [6.07, 6.45) is 12.8. The Labute approximate surface area is 345 Å². The topological polar surface area (TPSA) is 64.6 Å². The van der Waals surface area contributed by atoms with E-state index in [-0.39, 0.29) is 0 Å². The molecule has 5 aromatic carbocycles. The molecule has 0 amide bonds. The first-order valence-electron chi connectivity index (χ1n) is 20.7. The fourth-order valence-electron chi connectivity index (χ4n) is 7.26. The quantitative estimate of drug-likeness (QED) is 0.110. The van der Waals surface area contributed by atoms with Gasteiger partial charge in [-0.25, -0.2) is 0 Å². The molecule has 2 aliphatic rings. The molecule has 0 aromatic heterocycles. The van der Waals surface area contributed by atoms with E-state index in [0.717, 1.165) is 106 Å². The number of aryl methyl sites for hydroxylation is 2. The summed E-state index contributed by atoms with van der Waals surface area (Å²) in [5.41, 5.74) is 7.17. The summed E-state index contributed by atoms with van der Waals surface area (Å²) in [5, 5.41) is 0. The van der Waals surface area contributed by atoms with Gasteiger partial charge < -0.3 is 33.2 Å². The van der Waals surface area contributed by atoms with Gasteiger partial charge in [-0.3, -0.25) is 0 Å². The van der Waals surface area contributed by atoms with Gasteiger partial charge in [0.1, 0.15) is 60.1 Å². The van der Waals surface area contributed by atoms with Crippen LogP contribution in [0.4, 0.5) is 0 Å². The molecule has 7 nitrogen and oxygen atoms in total. The first-order chi connectivity index (χ1) is 28.6. The number of rotatable bonds is 13. The minimum absolute atomic E-state index is 0.370. The fourth-order valence-corrected chi connectivity index (χ4v) is 7.26. The van der Waals surface area contributed by atoms with E-state index in [1.807, 2.05) is 78.9 Å². The third-order valence-electron chi connectivity index (χ3n) is 10.6. The highest BCUT2D eigenvalue weighted by atomic mass is 16.5. The SMILES string of the molecule is COc1ccc(COc2cc3c(c(OC)c2)-c2c(OCc4ccc(OC)cc4)cc(cc2OCc2ccc(OC)cc2)CCCCCCCCCC#CCCC3)cc1. The molecule has 0 aliphatic heterocycles. The van der Waals surface area contributed by atoms with Crippen molar-refractivity contribution in [3.63, 3.8) is 0 Å². The lowest BCUT2D eigenvalue weighted by Crippen LogP contribution is -2.06. The van der Waals surface area contributed by atoms with Crippen LogP contribution in [0.15, 0.2) is 97.1 Å². The Morgan fingerprint density at radius 1 is 0.397 bits per heavy atom. The molecule has 0 saturated heterocycles. The van der Waals surface area contributed by atoms with Crippen LogP contribution < -0.4 is 33.2 Å². The second-order valence-corrected chi connectivity index (χ2v) is 14.7. The van der Waals surface area contributed by atoms with Gasteiger partial charge in [0, 0.05) is 24.5 Å². The normalized spacial score (nSPS) is 13.6. The zero-order chi connectivity index (χ0) is 40.4. The summed E-state index contributed by atoms with van der Waals surface area (Å²) in [6, 6.07) is 32.5. The minimum Gasteiger partial charge on any atom is -0.497 e. The van der Waals surface area contributed by atoms with Crippen LogP contribution in [-0.2, 0) is 32.7 Å². The molecular formula is C51H58O7. The predicted molar refractivity (Wildman–Crippen MR) is 232 cm³/mol. The van der Waals surface area contributed by atoms with E-state index in [9.17, 15) is 0 Å². The molecule has 0 N–H and O–H groups in total. The number of ether oxygens (including phenoxy) is 7. The number of hydrogen-bond acceptors (Lipinski definition) is 7. The van der Waals surface area contributed by atoms with Gasteiger partial charge in [0.15, 0.2) is 0 Å². The largest absolute Gasteiger partial charge is 0.497 e. The Balaban J connectivity index is 1.46. The molecule has 0 spiro atoms. The van der Waals surface area contributed by atoms with Gasteiger partial charge in [0.2, 0.25) is 0 Å². The average molecular weight is 783 g/mol. The monoisotopic (exact) mass is 782 g/mol. The molecular weight excluding hydrogens is 725 g/mol. The maximum atomic E-state index is 6.88. The molecule has 304 valence electrons. The highest BCUT2D eigenvalue weighted by Gasteiger charge is 2.24. The van der Waals surface area contributed by atoms with E-state index >= 15 is 0 Å². The lowest BCUT2D eigenvalue weighted by atomic mass is 9.91. The molecule has 7 rings (SSSR count). The van der Waals surface area contributed by atoms with Gasteiger partial charge >= 0.3 is 0 Å². The Bertz CT molecular complexity index is 2000. The highest BCUT2D eigenvalue weighted by Crippen LogP contribution is 2.48. The molecule has 7 heteroatoms. The Morgan fingerprint density at radius 2 is 0.862 bits per heavy atom. The van der Waals surface area contributed by atoms with Crippen LogP contribution >= 0.6 is 0 Å². The Hall–Kier alpha value is -5.74. The minimum atomic E-state index is 0.370. The standard InChI is InChI=1S/C51H58O7/c1-52-43-25-19-38(20-26-43)35-56-46-33-42-18-16-14-12-10-8-6-5-7-9-11-13-15-17-41-31-48(57-36-39-21-27-44(53-2)28-22-39)51(50(42)47(34-46)55-4)49(32-41)58-37-40-23-29-45(54-3)30-24-40/h19-34H,5-9,11,13-18,35-37H2,1-4H3. The molecule has 58 heavy (non-hydrogen) atoms. The summed E-state index contributed by atoms with van der Waals surface area (Å²) in [6.45, 7) is 1.14. The van der Waals surface area contributed by atoms with Gasteiger partial charge in [-0.15, -0.1) is 11.8 Å². The van der Waals surface area contributed by atoms with Crippen LogP contribution in [-0.4, -0.2) is 28.4 Å². The van der Waals surface area contributed by atoms with Gasteiger partial charge in [0.25, 0.3) is 0 Å². The van der Waals surface area contributed by atoms with Crippen molar-refractivity contribution in [2.75, 3.05) is 28.4 Å². The van der Waals surface area contributed by atoms with Crippen molar-refractivity contribution in [1.29, 1.82) is 0 Å². The molecule has 0 atom stereocenters. The maximum absolute atomic E-state index is 6.88. The first-order valence-corrected chi connectivity index (χ1v) is 20.7. The van der Waals surface area contributed by atoms with Crippen molar-refractivity contribution in [2.24, 2.45) is 0 Å². The van der Waals surface area contributed by atoms with E-state index in [4.69, 9.17) is 33.2 Å². The third-order valence-corrected chi connectivity index (χ3v) is 10.6. The van der Waals surface area contributed by atoms with Crippen molar-refractivity contribution in [3.05, 3.63) is 125 Å². The summed E-state index contributed by atoms with van der Waals surface area (Å²) < 4.78 is 42.7. The second kappa shape index (κ2) is 22.3. The number of hydrogen-bond donors (Lipinski definition) is 0. The van der Waals surface area contributed by atoms with Crippen LogP contribution in [0.1, 0.15) is 92.0 Å². The van der Waals surface area contributed by atoms with Crippen LogP contribution in [0, 0.1) is 11.8 Å². The van der Waals surface area contributed by atoms with Crippen LogP contribution in [0.2, 0.25) is 0 Å². The zero-order valence-electron chi connectivity index (χ0n) is 34.7. The third kappa shape index (κ3) is 12.1. The summed E-state index contributed by atoms with van der Waals surface area (Å²) >= 11 is 0. The van der Waals surface area contributed by atoms with Crippen molar-refractivity contribution < 1.29 is 33.2 Å². The molecule has 2 aliphatic carbocycles. The van der Waals surface area contributed by atoms with Crippen molar-refractivity contribution >= 4 is 0 Å². The van der Waals surface area contributed by atoms with E-state index in [2.05, 4.69) is 30.0 Å². The Kier molecular flexibility index (Phi) is 16.1. The molecule has 5 aromatic rings. The first kappa shape index (κ1) is 41.9. The summed E-state index contributed by atoms with van der Waals surface area (Å²) in [7, 11) is 6.75. The lowest BCUT2D eigenvalue weighted by molar-refractivity contribution is 0.291. The number of benzene rings is 5. The van der Waals surface area contributed by atoms with E-state index in [1.165, 1.54) is 44.1 Å². The van der Waals surface area contributed by atoms with Gasteiger partial charge in [-0.2, -0.15) is 0 Å². The maximum Gasteiger partial charge on any atom is 0.131 e. The molecule has 0 saturated carbocycles. The van der Waals surface area contributed by atoms with E-state index < -0.39 is 0 Å². The lowest BCUT2D eigenvalue weighted by Gasteiger charge is -2.23. The van der Waals surface area contributed by atoms with Gasteiger partial charge in [0.05, 0.1) is 34.0 Å². The van der Waals surface area contributed by atoms with E-state index in [0.29, 0.717) is 25.6 Å². The fraction of sp³-hybridized carbons (Fsp3) is 0.373. The van der Waals surface area contributed by atoms with Gasteiger partial charge in [-0.1, -0.05) is 68.5 Å². The summed E-state index contributed by atoms with van der Waals surface area (Å²) in [4.78, 5) is 0. The van der Waals surface area contributed by atoms with Crippen molar-refractivity contribution in [3.8, 4) is 63.2 Å². The average Bonchev–Trinajstić information content (AvgIpc) is 3.27. The zero-order valence-corrected chi connectivity index (χ0v) is 34.7. The molecule has 0 heterocycles. The van der Waals surface area contributed by atoms with Crippen molar-refractivity contribution in [1.82, 2.24) is 0 Å². The van der Waals surface area contributed by atoms with E-state index in [1.54, 1.807) is 28.4 Å². The summed E-state index contributed by atoms with van der Waals surface area (Å²) in [5.74, 6) is 12.2.